The predicted molar refractivity (Wildman–Crippen MR) is 84.6 cm³/mol. The maximum absolute atomic E-state index is 13.7. The Morgan fingerprint density at radius 2 is 2.14 bits per heavy atom. The van der Waals surface area contributed by atoms with E-state index in [4.69, 9.17) is 28.6 Å². The smallest absolute Gasteiger partial charge is 0.182 e. The van der Waals surface area contributed by atoms with Crippen LogP contribution in [0.4, 0.5) is 4.39 Å². The lowest BCUT2D eigenvalue weighted by Crippen LogP contribution is -1.97. The molecule has 0 aliphatic rings. The average molecular weight is 323 g/mol. The molecule has 1 N–H and O–H groups in total. The molecular formula is C15H12ClFN2OS. The second-order valence-corrected chi connectivity index (χ2v) is 5.27. The summed E-state index contributed by atoms with van der Waals surface area (Å²) < 4.78 is 21.5. The Morgan fingerprint density at radius 3 is 2.90 bits per heavy atom. The van der Waals surface area contributed by atoms with Gasteiger partial charge in [0.2, 0.25) is 0 Å². The first-order chi connectivity index (χ1) is 10.1. The molecule has 0 aliphatic heterocycles. The molecule has 0 saturated carbocycles. The van der Waals surface area contributed by atoms with E-state index in [9.17, 15) is 4.39 Å². The van der Waals surface area contributed by atoms with E-state index >= 15 is 0 Å². The topological polar surface area (TPSA) is 29.9 Å². The molecule has 3 nitrogen and oxygen atoms in total. The summed E-state index contributed by atoms with van der Waals surface area (Å²) >= 11 is 11.1. The zero-order valence-corrected chi connectivity index (χ0v) is 12.8. The standard InChI is InChI=1S/C15H12ClFN2OS/c1-2-20-10-5-3-4-9(6-10)19-14-8-12(17)11(16)7-13(14)18-15(19)21/h3-8H,2H2,1H3,(H,18,21). The summed E-state index contributed by atoms with van der Waals surface area (Å²) in [6.45, 7) is 2.49. The van der Waals surface area contributed by atoms with Crippen molar-refractivity contribution in [1.82, 2.24) is 9.55 Å². The molecule has 3 aromatic rings. The van der Waals surface area contributed by atoms with Crippen LogP contribution >= 0.6 is 23.8 Å². The minimum absolute atomic E-state index is 0.0639. The van der Waals surface area contributed by atoms with Gasteiger partial charge in [-0.25, -0.2) is 4.39 Å². The van der Waals surface area contributed by atoms with Crippen LogP contribution in [0.1, 0.15) is 6.92 Å². The van der Waals surface area contributed by atoms with E-state index in [-0.39, 0.29) is 5.02 Å². The normalized spacial score (nSPS) is 11.0. The van der Waals surface area contributed by atoms with E-state index in [0.717, 1.165) is 11.4 Å². The third-order valence-corrected chi connectivity index (χ3v) is 3.69. The van der Waals surface area contributed by atoms with Crippen LogP contribution in [-0.4, -0.2) is 16.2 Å². The quantitative estimate of drug-likeness (QED) is 0.696. The molecule has 6 heteroatoms. The first-order valence-electron chi connectivity index (χ1n) is 6.43. The molecule has 0 radical (unpaired) electrons. The van der Waals surface area contributed by atoms with E-state index in [1.807, 2.05) is 31.2 Å². The molecule has 0 amide bonds. The van der Waals surface area contributed by atoms with Crippen LogP contribution in [-0.2, 0) is 0 Å². The maximum atomic E-state index is 13.7. The first-order valence-corrected chi connectivity index (χ1v) is 7.22. The summed E-state index contributed by atoms with van der Waals surface area (Å²) in [6, 6.07) is 10.4. The van der Waals surface area contributed by atoms with Crippen molar-refractivity contribution in [2.24, 2.45) is 0 Å². The van der Waals surface area contributed by atoms with Crippen LogP contribution in [0.5, 0.6) is 5.75 Å². The Hall–Kier alpha value is -1.85. The maximum Gasteiger partial charge on any atom is 0.182 e. The number of ether oxygens (including phenoxy) is 1. The van der Waals surface area contributed by atoms with Gasteiger partial charge in [0, 0.05) is 12.1 Å². The minimum atomic E-state index is -0.479. The van der Waals surface area contributed by atoms with Gasteiger partial charge in [-0.15, -0.1) is 0 Å². The average Bonchev–Trinajstić information content (AvgIpc) is 2.75. The van der Waals surface area contributed by atoms with Gasteiger partial charge in [0.05, 0.1) is 28.4 Å². The van der Waals surface area contributed by atoms with Gasteiger partial charge in [0.25, 0.3) is 0 Å². The van der Waals surface area contributed by atoms with Gasteiger partial charge < -0.3 is 9.72 Å². The molecule has 0 saturated heterocycles. The fraction of sp³-hybridized carbons (Fsp3) is 0.133. The van der Waals surface area contributed by atoms with E-state index in [1.54, 1.807) is 4.57 Å². The van der Waals surface area contributed by atoms with E-state index in [1.165, 1.54) is 12.1 Å². The number of fused-ring (bicyclic) bond motifs is 1. The fourth-order valence-corrected chi connectivity index (χ4v) is 2.71. The van der Waals surface area contributed by atoms with Crippen molar-refractivity contribution >= 4 is 34.9 Å². The van der Waals surface area contributed by atoms with Crippen LogP contribution in [0.3, 0.4) is 0 Å². The van der Waals surface area contributed by atoms with Gasteiger partial charge in [0.1, 0.15) is 11.6 Å². The predicted octanol–water partition coefficient (Wildman–Crippen LogP) is 4.88. The number of hydrogen-bond acceptors (Lipinski definition) is 2. The van der Waals surface area contributed by atoms with Gasteiger partial charge in [-0.2, -0.15) is 0 Å². The van der Waals surface area contributed by atoms with Crippen molar-refractivity contribution in [2.75, 3.05) is 6.61 Å². The number of rotatable bonds is 3. The Bertz CT molecular complexity index is 872. The fourth-order valence-electron chi connectivity index (χ4n) is 2.24. The van der Waals surface area contributed by atoms with Gasteiger partial charge in [-0.05, 0) is 37.3 Å². The van der Waals surface area contributed by atoms with Gasteiger partial charge in [-0.3, -0.25) is 4.57 Å². The lowest BCUT2D eigenvalue weighted by atomic mass is 10.2. The Kier molecular flexibility index (Phi) is 3.69. The molecule has 3 rings (SSSR count). The third-order valence-electron chi connectivity index (χ3n) is 3.11. The van der Waals surface area contributed by atoms with Crippen molar-refractivity contribution in [3.05, 3.63) is 52.0 Å². The molecule has 108 valence electrons. The van der Waals surface area contributed by atoms with Gasteiger partial charge >= 0.3 is 0 Å². The van der Waals surface area contributed by atoms with Gasteiger partial charge in [-0.1, -0.05) is 17.7 Å². The van der Waals surface area contributed by atoms with Crippen molar-refractivity contribution in [3.63, 3.8) is 0 Å². The molecule has 1 heterocycles. The molecule has 21 heavy (non-hydrogen) atoms. The summed E-state index contributed by atoms with van der Waals surface area (Å²) in [4.78, 5) is 3.03. The van der Waals surface area contributed by atoms with E-state index < -0.39 is 5.82 Å². The zero-order chi connectivity index (χ0) is 15.0. The number of imidazole rings is 1. The summed E-state index contributed by atoms with van der Waals surface area (Å²) in [5.41, 5.74) is 2.13. The number of aromatic nitrogens is 2. The zero-order valence-electron chi connectivity index (χ0n) is 11.2. The summed E-state index contributed by atoms with van der Waals surface area (Å²) in [7, 11) is 0. The van der Waals surface area contributed by atoms with Gasteiger partial charge in [0.15, 0.2) is 4.77 Å². The summed E-state index contributed by atoms with van der Waals surface area (Å²) in [5.74, 6) is 0.258. The van der Waals surface area contributed by atoms with Crippen LogP contribution in [0, 0.1) is 10.6 Å². The number of nitrogens with one attached hydrogen (secondary N) is 1. The van der Waals surface area contributed by atoms with Crippen LogP contribution < -0.4 is 4.74 Å². The third kappa shape index (κ3) is 2.54. The highest BCUT2D eigenvalue weighted by Crippen LogP contribution is 2.26. The Morgan fingerprint density at radius 1 is 1.33 bits per heavy atom. The van der Waals surface area contributed by atoms with Crippen LogP contribution in [0.2, 0.25) is 5.02 Å². The van der Waals surface area contributed by atoms with Crippen molar-refractivity contribution in [3.8, 4) is 11.4 Å². The van der Waals surface area contributed by atoms with Crippen molar-refractivity contribution < 1.29 is 9.13 Å². The number of hydrogen-bond donors (Lipinski definition) is 1. The molecule has 2 aromatic carbocycles. The summed E-state index contributed by atoms with van der Waals surface area (Å²) in [6.07, 6.45) is 0. The van der Waals surface area contributed by atoms with E-state index in [0.29, 0.717) is 22.4 Å². The number of benzene rings is 2. The molecule has 0 aliphatic carbocycles. The number of nitrogens with zero attached hydrogens (tertiary/aromatic N) is 1. The monoisotopic (exact) mass is 322 g/mol. The SMILES string of the molecule is CCOc1cccc(-n2c(=S)[nH]c3cc(Cl)c(F)cc32)c1. The lowest BCUT2D eigenvalue weighted by Gasteiger charge is -2.08. The minimum Gasteiger partial charge on any atom is -0.494 e. The highest BCUT2D eigenvalue weighted by molar-refractivity contribution is 7.71. The number of aromatic amines is 1. The number of H-pyrrole nitrogens is 1. The Labute approximate surface area is 130 Å². The Balaban J connectivity index is 2.24. The number of halogens is 2. The molecule has 0 unspecified atom stereocenters. The molecule has 0 fully saturated rings. The van der Waals surface area contributed by atoms with Crippen molar-refractivity contribution in [2.45, 2.75) is 6.92 Å². The molecular weight excluding hydrogens is 311 g/mol. The highest BCUT2D eigenvalue weighted by Gasteiger charge is 2.11. The first kappa shape index (κ1) is 14.1. The second kappa shape index (κ2) is 5.50. The summed E-state index contributed by atoms with van der Waals surface area (Å²) in [5, 5.41) is 0.0639. The van der Waals surface area contributed by atoms with E-state index in [2.05, 4.69) is 4.98 Å². The lowest BCUT2D eigenvalue weighted by molar-refractivity contribution is 0.340. The van der Waals surface area contributed by atoms with Crippen LogP contribution in [0.25, 0.3) is 16.7 Å². The molecule has 1 aromatic heterocycles. The molecule has 0 bridgehead atoms. The van der Waals surface area contributed by atoms with Crippen molar-refractivity contribution in [1.29, 1.82) is 0 Å². The second-order valence-electron chi connectivity index (χ2n) is 4.48. The largest absolute Gasteiger partial charge is 0.494 e. The van der Waals surface area contributed by atoms with Crippen LogP contribution in [0.15, 0.2) is 36.4 Å². The highest BCUT2D eigenvalue weighted by atomic mass is 35.5. The molecule has 0 atom stereocenters. The molecule has 0 spiro atoms.